The summed E-state index contributed by atoms with van der Waals surface area (Å²) in [6.07, 6.45) is 69.3. The first-order valence-corrected chi connectivity index (χ1v) is 30.9. The van der Waals surface area contributed by atoms with Crippen molar-refractivity contribution in [3.05, 3.63) is 12.2 Å². The standard InChI is InChI=1S/C62H121NO5/c1-3-5-7-9-11-13-15-17-27-32-36-40-44-48-52-56-62(67)68-57-53-49-45-41-37-33-29-26-24-22-20-18-19-21-23-25-28-31-35-39-43-47-51-55-61(66)63-59(58-64)60(65)54-50-46-42-38-34-30-16-14-12-10-8-6-4-2/h17,27,59-60,64-65H,3-16,18-26,28-58H2,1-2H3,(H,63,66)/b27-17-. The van der Waals surface area contributed by atoms with Crippen LogP contribution in [0.15, 0.2) is 12.2 Å². The monoisotopic (exact) mass is 960 g/mol. The number of allylic oxidation sites excluding steroid dienone is 2. The lowest BCUT2D eigenvalue weighted by Gasteiger charge is -2.22. The Balaban J connectivity index is 3.35. The normalized spacial score (nSPS) is 12.6. The Morgan fingerprint density at radius 3 is 1.04 bits per heavy atom. The van der Waals surface area contributed by atoms with Gasteiger partial charge in [0.2, 0.25) is 5.91 Å². The smallest absolute Gasteiger partial charge is 0.305 e. The van der Waals surface area contributed by atoms with E-state index in [1.165, 1.54) is 270 Å². The van der Waals surface area contributed by atoms with Gasteiger partial charge in [0.1, 0.15) is 0 Å². The molecule has 0 aliphatic heterocycles. The molecule has 0 aromatic carbocycles. The van der Waals surface area contributed by atoms with Crippen LogP contribution in [-0.4, -0.2) is 47.4 Å². The Hall–Kier alpha value is -1.40. The first-order chi connectivity index (χ1) is 33.5. The van der Waals surface area contributed by atoms with E-state index in [4.69, 9.17) is 4.74 Å². The van der Waals surface area contributed by atoms with Crippen LogP contribution in [0, 0.1) is 0 Å². The molecule has 0 saturated heterocycles. The van der Waals surface area contributed by atoms with Gasteiger partial charge < -0.3 is 20.3 Å². The van der Waals surface area contributed by atoms with Crippen molar-refractivity contribution < 1.29 is 24.5 Å². The predicted octanol–water partition coefficient (Wildman–Crippen LogP) is 19.2. The van der Waals surface area contributed by atoms with Crippen molar-refractivity contribution in [3.63, 3.8) is 0 Å². The molecule has 0 bridgehead atoms. The molecule has 0 aromatic heterocycles. The lowest BCUT2D eigenvalue weighted by molar-refractivity contribution is -0.143. The predicted molar refractivity (Wildman–Crippen MR) is 297 cm³/mol. The Kier molecular flexibility index (Phi) is 57.0. The van der Waals surface area contributed by atoms with E-state index in [9.17, 15) is 19.8 Å². The minimum Gasteiger partial charge on any atom is -0.466 e. The number of hydrogen-bond donors (Lipinski definition) is 3. The van der Waals surface area contributed by atoms with E-state index in [-0.39, 0.29) is 18.5 Å². The maximum Gasteiger partial charge on any atom is 0.305 e. The Morgan fingerprint density at radius 1 is 0.397 bits per heavy atom. The number of aliphatic hydroxyl groups excluding tert-OH is 2. The molecule has 1 amide bonds. The van der Waals surface area contributed by atoms with Gasteiger partial charge in [-0.1, -0.05) is 296 Å². The summed E-state index contributed by atoms with van der Waals surface area (Å²) in [5.74, 6) is -0.0258. The van der Waals surface area contributed by atoms with Gasteiger partial charge in [0.05, 0.1) is 25.4 Å². The maximum atomic E-state index is 12.5. The number of esters is 1. The quantitative estimate of drug-likeness (QED) is 0.0321. The van der Waals surface area contributed by atoms with E-state index in [1.807, 2.05) is 0 Å². The second kappa shape index (κ2) is 58.2. The molecule has 6 nitrogen and oxygen atoms in total. The fraction of sp³-hybridized carbons (Fsp3) is 0.935. The van der Waals surface area contributed by atoms with Crippen LogP contribution in [0.3, 0.4) is 0 Å². The van der Waals surface area contributed by atoms with E-state index in [0.717, 1.165) is 44.9 Å². The molecule has 0 fully saturated rings. The second-order valence-corrected chi connectivity index (χ2v) is 21.4. The van der Waals surface area contributed by atoms with E-state index < -0.39 is 12.1 Å². The van der Waals surface area contributed by atoms with Crippen LogP contribution in [0.1, 0.15) is 348 Å². The summed E-state index contributed by atoms with van der Waals surface area (Å²) in [7, 11) is 0. The van der Waals surface area contributed by atoms with Gasteiger partial charge in [-0.2, -0.15) is 0 Å². The van der Waals surface area contributed by atoms with Gasteiger partial charge in [-0.3, -0.25) is 9.59 Å². The first kappa shape index (κ1) is 66.6. The number of unbranched alkanes of at least 4 members (excludes halogenated alkanes) is 45. The number of nitrogens with one attached hydrogen (secondary N) is 1. The number of ether oxygens (including phenoxy) is 1. The highest BCUT2D eigenvalue weighted by Crippen LogP contribution is 2.18. The fourth-order valence-electron chi connectivity index (χ4n) is 9.81. The van der Waals surface area contributed by atoms with E-state index in [0.29, 0.717) is 25.9 Å². The molecule has 3 N–H and O–H groups in total. The van der Waals surface area contributed by atoms with Crippen molar-refractivity contribution in [1.29, 1.82) is 0 Å². The zero-order chi connectivity index (χ0) is 49.3. The summed E-state index contributed by atoms with van der Waals surface area (Å²) in [5.41, 5.74) is 0. The van der Waals surface area contributed by atoms with Gasteiger partial charge in [-0.05, 0) is 51.4 Å². The van der Waals surface area contributed by atoms with Crippen LogP contribution in [0.25, 0.3) is 0 Å². The summed E-state index contributed by atoms with van der Waals surface area (Å²) in [4.78, 5) is 24.5. The third-order valence-corrected chi connectivity index (χ3v) is 14.6. The molecule has 0 aliphatic rings. The number of hydrogen-bond acceptors (Lipinski definition) is 5. The lowest BCUT2D eigenvalue weighted by atomic mass is 10.0. The van der Waals surface area contributed by atoms with Crippen LogP contribution in [0.2, 0.25) is 0 Å². The molecule has 0 heterocycles. The number of carbonyl (C=O) groups excluding carboxylic acids is 2. The zero-order valence-electron chi connectivity index (χ0n) is 46.1. The van der Waals surface area contributed by atoms with Crippen LogP contribution in [0.5, 0.6) is 0 Å². The molecule has 0 aliphatic carbocycles. The minimum atomic E-state index is -0.662. The molecule has 404 valence electrons. The summed E-state index contributed by atoms with van der Waals surface area (Å²) >= 11 is 0. The van der Waals surface area contributed by atoms with Crippen molar-refractivity contribution >= 4 is 11.9 Å². The van der Waals surface area contributed by atoms with Gasteiger partial charge in [0.25, 0.3) is 0 Å². The SMILES string of the molecule is CCCCCCCC/C=C\CCCCCCCC(=O)OCCCCCCCCCCCCCCCCCCCCCCCCCC(=O)NC(CO)C(O)CCCCCCCCCCCCCCC. The van der Waals surface area contributed by atoms with Crippen molar-refractivity contribution in [1.82, 2.24) is 5.32 Å². The molecule has 0 radical (unpaired) electrons. The fourth-order valence-corrected chi connectivity index (χ4v) is 9.81. The van der Waals surface area contributed by atoms with E-state index in [2.05, 4.69) is 31.3 Å². The lowest BCUT2D eigenvalue weighted by Crippen LogP contribution is -2.45. The van der Waals surface area contributed by atoms with Gasteiger partial charge in [0.15, 0.2) is 0 Å². The molecule has 6 heteroatoms. The highest BCUT2D eigenvalue weighted by Gasteiger charge is 2.20. The van der Waals surface area contributed by atoms with Crippen LogP contribution in [0.4, 0.5) is 0 Å². The minimum absolute atomic E-state index is 0.00709. The second-order valence-electron chi connectivity index (χ2n) is 21.4. The topological polar surface area (TPSA) is 95.9 Å². The zero-order valence-corrected chi connectivity index (χ0v) is 46.1. The molecule has 2 unspecified atom stereocenters. The largest absolute Gasteiger partial charge is 0.466 e. The molecule has 68 heavy (non-hydrogen) atoms. The molecule has 0 saturated carbocycles. The Labute approximate surface area is 425 Å². The highest BCUT2D eigenvalue weighted by molar-refractivity contribution is 5.76. The Bertz CT molecular complexity index is 1020. The average molecular weight is 961 g/mol. The van der Waals surface area contributed by atoms with Crippen molar-refractivity contribution in [2.75, 3.05) is 13.2 Å². The van der Waals surface area contributed by atoms with Gasteiger partial charge >= 0.3 is 5.97 Å². The third kappa shape index (κ3) is 53.9. The van der Waals surface area contributed by atoms with Gasteiger partial charge in [-0.15, -0.1) is 0 Å². The summed E-state index contributed by atoms with van der Waals surface area (Å²) in [6.45, 7) is 4.96. The maximum absolute atomic E-state index is 12.5. The van der Waals surface area contributed by atoms with Crippen LogP contribution in [-0.2, 0) is 14.3 Å². The molecule has 0 spiro atoms. The summed E-state index contributed by atoms with van der Waals surface area (Å²) in [5, 5.41) is 23.3. The van der Waals surface area contributed by atoms with Crippen molar-refractivity contribution in [3.8, 4) is 0 Å². The van der Waals surface area contributed by atoms with Crippen LogP contribution < -0.4 is 5.32 Å². The van der Waals surface area contributed by atoms with Gasteiger partial charge in [-0.25, -0.2) is 0 Å². The summed E-state index contributed by atoms with van der Waals surface area (Å²) < 4.78 is 5.48. The third-order valence-electron chi connectivity index (χ3n) is 14.6. The molecule has 0 aromatic rings. The Morgan fingerprint density at radius 2 is 0.691 bits per heavy atom. The molecular formula is C62H121NO5. The molecular weight excluding hydrogens is 839 g/mol. The van der Waals surface area contributed by atoms with Gasteiger partial charge in [0, 0.05) is 12.8 Å². The number of amides is 1. The van der Waals surface area contributed by atoms with E-state index in [1.54, 1.807) is 0 Å². The first-order valence-electron chi connectivity index (χ1n) is 30.9. The number of aliphatic hydroxyl groups is 2. The van der Waals surface area contributed by atoms with Crippen molar-refractivity contribution in [2.24, 2.45) is 0 Å². The van der Waals surface area contributed by atoms with Crippen LogP contribution >= 0.6 is 0 Å². The molecule has 2 atom stereocenters. The number of rotatable bonds is 58. The highest BCUT2D eigenvalue weighted by atomic mass is 16.5. The van der Waals surface area contributed by atoms with E-state index >= 15 is 0 Å². The average Bonchev–Trinajstić information content (AvgIpc) is 3.34. The van der Waals surface area contributed by atoms with Crippen molar-refractivity contribution in [2.45, 2.75) is 360 Å². The summed E-state index contributed by atoms with van der Waals surface area (Å²) in [6, 6.07) is -0.539. The number of carbonyl (C=O) groups is 2. The molecule has 0 rings (SSSR count).